The molecule has 0 aromatic carbocycles. The van der Waals surface area contributed by atoms with Crippen LogP contribution in [-0.4, -0.2) is 47.1 Å². The van der Waals surface area contributed by atoms with Crippen LogP contribution in [0, 0.1) is 17.3 Å². The Bertz CT molecular complexity index is 850. The summed E-state index contributed by atoms with van der Waals surface area (Å²) in [5, 5.41) is 10.5. The number of aromatic nitrogens is 2. The molecule has 0 saturated heterocycles. The van der Waals surface area contributed by atoms with Gasteiger partial charge in [-0.3, -0.25) is 5.10 Å². The largest absolute Gasteiger partial charge is 0.487 e. The molecule has 2 saturated carbocycles. The van der Waals surface area contributed by atoms with Gasteiger partial charge in [-0.05, 0) is 49.6 Å². The van der Waals surface area contributed by atoms with Crippen LogP contribution in [0.2, 0.25) is 0 Å². The zero-order valence-electron chi connectivity index (χ0n) is 15.1. The van der Waals surface area contributed by atoms with E-state index in [1.54, 1.807) is 11.6 Å². The Hall–Kier alpha value is -2.21. The van der Waals surface area contributed by atoms with E-state index in [-0.39, 0.29) is 5.91 Å². The topological polar surface area (TPSA) is 70.0 Å². The number of nitrogens with zero attached hydrogens (tertiary/aromatic N) is 2. The number of allylic oxidation sites excluding steroid dienone is 4. The highest BCUT2D eigenvalue weighted by atomic mass is 16.5. The SMILES string of the molecule is C[N+](=CCOC1=CC=CCC2CC23CC13)C(=O)c1n[nH]c2c1CCNC2. The Balaban J connectivity index is 1.25. The van der Waals surface area contributed by atoms with Crippen LogP contribution in [0.25, 0.3) is 0 Å². The molecule has 1 amide bonds. The minimum absolute atomic E-state index is 0.0790. The van der Waals surface area contributed by atoms with Crippen LogP contribution in [-0.2, 0) is 17.7 Å². The lowest BCUT2D eigenvalue weighted by molar-refractivity contribution is -0.391. The molecule has 0 bridgehead atoms. The smallest absolute Gasteiger partial charge is 0.439 e. The van der Waals surface area contributed by atoms with Crippen molar-refractivity contribution in [1.82, 2.24) is 15.5 Å². The Kier molecular flexibility index (Phi) is 3.64. The van der Waals surface area contributed by atoms with Crippen LogP contribution in [0.15, 0.2) is 24.0 Å². The fourth-order valence-electron chi connectivity index (χ4n) is 4.69. The molecule has 3 aliphatic carbocycles. The molecular weight excluding hydrogens is 328 g/mol. The van der Waals surface area contributed by atoms with Crippen LogP contribution in [0.5, 0.6) is 0 Å². The number of hydrogen-bond acceptors (Lipinski definition) is 4. The molecule has 2 heterocycles. The van der Waals surface area contributed by atoms with Crippen molar-refractivity contribution in [2.24, 2.45) is 17.3 Å². The van der Waals surface area contributed by atoms with Gasteiger partial charge >= 0.3 is 5.91 Å². The quantitative estimate of drug-likeness (QED) is 0.640. The van der Waals surface area contributed by atoms with Crippen molar-refractivity contribution in [1.29, 1.82) is 0 Å². The number of aromatic amines is 1. The Morgan fingerprint density at radius 1 is 1.50 bits per heavy atom. The number of H-pyrrole nitrogens is 1. The van der Waals surface area contributed by atoms with E-state index in [4.69, 9.17) is 4.74 Å². The predicted molar refractivity (Wildman–Crippen MR) is 97.0 cm³/mol. The van der Waals surface area contributed by atoms with Gasteiger partial charge in [-0.1, -0.05) is 12.2 Å². The summed E-state index contributed by atoms with van der Waals surface area (Å²) in [5.41, 5.74) is 3.16. The van der Waals surface area contributed by atoms with E-state index in [9.17, 15) is 4.79 Å². The van der Waals surface area contributed by atoms with Gasteiger partial charge in [0.1, 0.15) is 12.8 Å². The molecule has 0 radical (unpaired) electrons. The maximum absolute atomic E-state index is 12.7. The highest BCUT2D eigenvalue weighted by molar-refractivity contribution is 5.89. The zero-order valence-corrected chi connectivity index (χ0v) is 15.1. The van der Waals surface area contributed by atoms with Crippen molar-refractivity contribution in [2.75, 3.05) is 20.2 Å². The molecule has 4 aliphatic rings. The van der Waals surface area contributed by atoms with Crippen LogP contribution < -0.4 is 5.32 Å². The van der Waals surface area contributed by atoms with Crippen molar-refractivity contribution in [3.63, 3.8) is 0 Å². The summed E-state index contributed by atoms with van der Waals surface area (Å²) in [6.07, 6.45) is 13.0. The summed E-state index contributed by atoms with van der Waals surface area (Å²) in [4.78, 5) is 12.7. The van der Waals surface area contributed by atoms with Gasteiger partial charge in [0.05, 0.1) is 5.69 Å². The van der Waals surface area contributed by atoms with Crippen molar-refractivity contribution in [3.05, 3.63) is 40.9 Å². The second-order valence-corrected chi connectivity index (χ2v) is 7.99. The van der Waals surface area contributed by atoms with E-state index in [2.05, 4.69) is 33.7 Å². The summed E-state index contributed by atoms with van der Waals surface area (Å²) in [5.74, 6) is 2.47. The number of amides is 1. The van der Waals surface area contributed by atoms with Crippen LogP contribution in [0.1, 0.15) is 41.0 Å². The number of nitrogens with one attached hydrogen (secondary N) is 2. The van der Waals surface area contributed by atoms with Crippen molar-refractivity contribution < 1.29 is 14.1 Å². The summed E-state index contributed by atoms with van der Waals surface area (Å²) in [6, 6.07) is 0. The first-order chi connectivity index (χ1) is 12.7. The second kappa shape index (κ2) is 5.91. The molecule has 5 rings (SSSR count). The van der Waals surface area contributed by atoms with Crippen molar-refractivity contribution in [2.45, 2.75) is 32.2 Å². The van der Waals surface area contributed by atoms with Gasteiger partial charge in [-0.15, -0.1) is 0 Å². The van der Waals surface area contributed by atoms with Crippen molar-refractivity contribution in [3.8, 4) is 0 Å². The summed E-state index contributed by atoms with van der Waals surface area (Å²) in [6.45, 7) is 2.04. The number of rotatable bonds is 4. The number of carbonyl (C=O) groups is 1. The van der Waals surface area contributed by atoms with Crippen molar-refractivity contribution >= 4 is 12.1 Å². The third-order valence-electron chi connectivity index (χ3n) is 6.49. The van der Waals surface area contributed by atoms with Gasteiger partial charge in [-0.25, -0.2) is 4.79 Å². The lowest BCUT2D eigenvalue weighted by Gasteiger charge is -2.11. The number of carbonyl (C=O) groups excluding carboxylic acids is 1. The molecule has 6 nitrogen and oxygen atoms in total. The monoisotopic (exact) mass is 353 g/mol. The minimum atomic E-state index is -0.0790. The van der Waals surface area contributed by atoms with E-state index >= 15 is 0 Å². The molecule has 26 heavy (non-hydrogen) atoms. The van der Waals surface area contributed by atoms with E-state index in [0.717, 1.165) is 42.4 Å². The predicted octanol–water partition coefficient (Wildman–Crippen LogP) is 1.80. The summed E-state index contributed by atoms with van der Waals surface area (Å²) >= 11 is 0. The first-order valence-electron chi connectivity index (χ1n) is 9.56. The number of ether oxygens (including phenoxy) is 1. The molecule has 3 unspecified atom stereocenters. The van der Waals surface area contributed by atoms with Gasteiger partial charge in [0, 0.05) is 18.0 Å². The Morgan fingerprint density at radius 2 is 2.42 bits per heavy atom. The molecule has 1 aliphatic heterocycles. The molecular formula is C20H25N4O2+. The first-order valence-corrected chi connectivity index (χ1v) is 9.56. The first kappa shape index (κ1) is 16.0. The Morgan fingerprint density at radius 3 is 3.35 bits per heavy atom. The summed E-state index contributed by atoms with van der Waals surface area (Å²) in [7, 11) is 1.77. The fraction of sp³-hybridized carbons (Fsp3) is 0.550. The van der Waals surface area contributed by atoms with E-state index < -0.39 is 0 Å². The Labute approximate surface area is 153 Å². The summed E-state index contributed by atoms with van der Waals surface area (Å²) < 4.78 is 7.63. The fourth-order valence-corrected chi connectivity index (χ4v) is 4.69. The molecule has 2 N–H and O–H groups in total. The van der Waals surface area contributed by atoms with E-state index in [0.29, 0.717) is 23.6 Å². The highest BCUT2D eigenvalue weighted by Crippen LogP contribution is 2.77. The highest BCUT2D eigenvalue weighted by Gasteiger charge is 2.71. The van der Waals surface area contributed by atoms with Gasteiger partial charge in [-0.2, -0.15) is 9.67 Å². The van der Waals surface area contributed by atoms with E-state index in [1.807, 2.05) is 6.21 Å². The lowest BCUT2D eigenvalue weighted by atomic mass is 10.1. The van der Waals surface area contributed by atoms with Gasteiger partial charge < -0.3 is 10.1 Å². The van der Waals surface area contributed by atoms with Gasteiger partial charge in [0.15, 0.2) is 12.8 Å². The minimum Gasteiger partial charge on any atom is -0.487 e. The molecule has 3 atom stereocenters. The molecule has 2 fully saturated rings. The second-order valence-electron chi connectivity index (χ2n) is 7.99. The van der Waals surface area contributed by atoms with Gasteiger partial charge in [0.25, 0.3) is 0 Å². The van der Waals surface area contributed by atoms with Crippen LogP contribution >= 0.6 is 0 Å². The van der Waals surface area contributed by atoms with E-state index in [1.165, 1.54) is 19.3 Å². The van der Waals surface area contributed by atoms with Crippen LogP contribution in [0.4, 0.5) is 0 Å². The maximum atomic E-state index is 12.7. The van der Waals surface area contributed by atoms with Gasteiger partial charge in [0.2, 0.25) is 5.69 Å². The molecule has 1 spiro atoms. The average molecular weight is 353 g/mol. The molecule has 1 aromatic rings. The standard InChI is InChI=1S/C20H24N4O2/c1-24(19(25)18-14-6-7-21-12-16(14)22-23-18)8-9-26-17-5-3-2-4-13-10-20(13)11-15(17)20/h2-3,5,8,13,15,21H,4,6-7,9-12H2,1H3/p+1. The molecule has 136 valence electrons. The lowest BCUT2D eigenvalue weighted by Crippen LogP contribution is -2.26. The van der Waals surface area contributed by atoms with Crippen LogP contribution in [0.3, 0.4) is 0 Å². The maximum Gasteiger partial charge on any atom is 0.439 e. The number of fused-ring (bicyclic) bond motifs is 1. The third-order valence-corrected chi connectivity index (χ3v) is 6.49. The average Bonchev–Trinajstić information content (AvgIpc) is 3.48. The number of hydrogen-bond donors (Lipinski definition) is 2. The zero-order chi connectivity index (χ0) is 17.7. The third kappa shape index (κ3) is 2.55. The molecule has 6 heteroatoms. The molecule has 1 aromatic heterocycles. The normalized spacial score (nSPS) is 31.7.